The lowest BCUT2D eigenvalue weighted by Gasteiger charge is -2.33. The summed E-state index contributed by atoms with van der Waals surface area (Å²) in [6.07, 6.45) is 7.93. The number of nitrogens with zero attached hydrogens (tertiary/aromatic N) is 1. The second-order valence-electron chi connectivity index (χ2n) is 6.72. The summed E-state index contributed by atoms with van der Waals surface area (Å²) in [5.41, 5.74) is 8.84. The molecule has 3 nitrogen and oxygen atoms in total. The van der Waals surface area contributed by atoms with Crippen molar-refractivity contribution in [2.24, 2.45) is 16.6 Å². The molecule has 0 saturated heterocycles. The molecule has 0 saturated carbocycles. The van der Waals surface area contributed by atoms with Crippen molar-refractivity contribution < 1.29 is 4.74 Å². The predicted molar refractivity (Wildman–Crippen MR) is 103 cm³/mol. The number of halogens is 1. The van der Waals surface area contributed by atoms with Crippen LogP contribution in [0.25, 0.3) is 11.1 Å². The summed E-state index contributed by atoms with van der Waals surface area (Å²) in [5.74, 6) is 0.303. The molecular weight excluding hydrogens is 332 g/mol. The van der Waals surface area contributed by atoms with Crippen LogP contribution in [0.15, 0.2) is 65.7 Å². The molecule has 0 amide bonds. The van der Waals surface area contributed by atoms with Crippen molar-refractivity contribution in [3.8, 4) is 11.1 Å². The van der Waals surface area contributed by atoms with Gasteiger partial charge in [0.15, 0.2) is 0 Å². The number of allylic oxidation sites excluding steroid dienone is 1. The van der Waals surface area contributed by atoms with Crippen molar-refractivity contribution >= 4 is 17.6 Å². The number of rotatable bonds is 3. The highest BCUT2D eigenvalue weighted by atomic mass is 35.5. The molecular formula is C21H21ClN2O. The first-order valence-electron chi connectivity index (χ1n) is 8.69. The van der Waals surface area contributed by atoms with Crippen molar-refractivity contribution in [1.82, 2.24) is 0 Å². The van der Waals surface area contributed by atoms with Gasteiger partial charge in [0, 0.05) is 10.9 Å². The van der Waals surface area contributed by atoms with E-state index in [2.05, 4.69) is 42.5 Å². The van der Waals surface area contributed by atoms with Gasteiger partial charge in [-0.15, -0.1) is 0 Å². The van der Waals surface area contributed by atoms with Crippen LogP contribution in [0.2, 0.25) is 5.02 Å². The van der Waals surface area contributed by atoms with Gasteiger partial charge in [0.2, 0.25) is 0 Å². The number of ether oxygens (including phenoxy) is 1. The Kier molecular flexibility index (Phi) is 4.26. The maximum absolute atomic E-state index is 6.16. The molecule has 25 heavy (non-hydrogen) atoms. The molecule has 4 heteroatoms. The van der Waals surface area contributed by atoms with Crippen LogP contribution in [0.1, 0.15) is 24.8 Å². The number of hydrogen-bond donors (Lipinski definition) is 1. The zero-order chi connectivity index (χ0) is 17.3. The topological polar surface area (TPSA) is 47.6 Å². The maximum Gasteiger partial charge on any atom is 0.283 e. The Labute approximate surface area is 153 Å². The fourth-order valence-electron chi connectivity index (χ4n) is 3.84. The molecule has 2 aromatic carbocycles. The monoisotopic (exact) mass is 352 g/mol. The third-order valence-electron chi connectivity index (χ3n) is 5.14. The van der Waals surface area contributed by atoms with Crippen molar-refractivity contribution in [2.75, 3.05) is 6.61 Å². The zero-order valence-electron chi connectivity index (χ0n) is 14.0. The fraction of sp³-hybridized carbons (Fsp3) is 0.286. The highest BCUT2D eigenvalue weighted by molar-refractivity contribution is 6.30. The summed E-state index contributed by atoms with van der Waals surface area (Å²) in [4.78, 5) is 4.76. The molecule has 0 aromatic heterocycles. The van der Waals surface area contributed by atoms with E-state index in [1.165, 1.54) is 6.42 Å². The van der Waals surface area contributed by atoms with Gasteiger partial charge < -0.3 is 10.5 Å². The largest absolute Gasteiger partial charge is 0.462 e. The van der Waals surface area contributed by atoms with Crippen LogP contribution >= 0.6 is 11.6 Å². The zero-order valence-corrected chi connectivity index (χ0v) is 14.7. The van der Waals surface area contributed by atoms with Crippen LogP contribution in [-0.2, 0) is 10.3 Å². The van der Waals surface area contributed by atoms with Crippen molar-refractivity contribution in [2.45, 2.75) is 24.8 Å². The number of nitrogens with two attached hydrogens (primary N) is 1. The minimum atomic E-state index is -0.435. The third-order valence-corrected chi connectivity index (χ3v) is 5.37. The first-order chi connectivity index (χ1) is 12.2. The van der Waals surface area contributed by atoms with E-state index in [0.29, 0.717) is 12.5 Å². The van der Waals surface area contributed by atoms with Crippen LogP contribution in [0, 0.1) is 5.92 Å². The summed E-state index contributed by atoms with van der Waals surface area (Å²) < 4.78 is 5.61. The van der Waals surface area contributed by atoms with Crippen LogP contribution in [0.3, 0.4) is 0 Å². The maximum atomic E-state index is 6.16. The molecule has 128 valence electrons. The SMILES string of the molecule is NC1=NC(c2cccc(-c3cccc(Cl)c3)c2)(C2C=CCCC2)CO1. The lowest BCUT2D eigenvalue weighted by molar-refractivity contribution is 0.202. The van der Waals surface area contributed by atoms with Crippen LogP contribution in [0.5, 0.6) is 0 Å². The average molecular weight is 353 g/mol. The summed E-state index contributed by atoms with van der Waals surface area (Å²) >= 11 is 6.16. The highest BCUT2D eigenvalue weighted by Gasteiger charge is 2.44. The van der Waals surface area contributed by atoms with E-state index < -0.39 is 5.54 Å². The minimum Gasteiger partial charge on any atom is -0.462 e. The van der Waals surface area contributed by atoms with Crippen LogP contribution in [0.4, 0.5) is 0 Å². The van der Waals surface area contributed by atoms with E-state index in [4.69, 9.17) is 27.1 Å². The van der Waals surface area contributed by atoms with E-state index in [1.54, 1.807) is 0 Å². The van der Waals surface area contributed by atoms with E-state index in [-0.39, 0.29) is 6.02 Å². The molecule has 2 aromatic rings. The molecule has 0 radical (unpaired) electrons. The Morgan fingerprint density at radius 3 is 2.60 bits per heavy atom. The predicted octanol–water partition coefficient (Wildman–Crippen LogP) is 4.90. The summed E-state index contributed by atoms with van der Waals surface area (Å²) in [6.45, 7) is 0.493. The second kappa shape index (κ2) is 6.57. The number of aliphatic imine (C=N–C) groups is 1. The second-order valence-corrected chi connectivity index (χ2v) is 7.16. The molecule has 0 spiro atoms. The van der Waals surface area contributed by atoms with Gasteiger partial charge in [-0.3, -0.25) is 0 Å². The Balaban J connectivity index is 1.80. The van der Waals surface area contributed by atoms with E-state index >= 15 is 0 Å². The van der Waals surface area contributed by atoms with Crippen LogP contribution < -0.4 is 5.73 Å². The van der Waals surface area contributed by atoms with Gasteiger partial charge in [0.25, 0.3) is 6.02 Å². The molecule has 0 fully saturated rings. The van der Waals surface area contributed by atoms with E-state index in [0.717, 1.165) is 34.6 Å². The number of amidine groups is 1. The van der Waals surface area contributed by atoms with Gasteiger partial charge in [-0.25, -0.2) is 4.99 Å². The Morgan fingerprint density at radius 1 is 1.12 bits per heavy atom. The summed E-state index contributed by atoms with van der Waals surface area (Å²) in [5, 5.41) is 0.735. The molecule has 2 aliphatic rings. The molecule has 0 bridgehead atoms. The van der Waals surface area contributed by atoms with Crippen molar-refractivity contribution in [3.63, 3.8) is 0 Å². The van der Waals surface area contributed by atoms with Crippen LogP contribution in [-0.4, -0.2) is 12.6 Å². The molecule has 1 aliphatic heterocycles. The molecule has 1 heterocycles. The molecule has 4 rings (SSSR count). The van der Waals surface area contributed by atoms with Gasteiger partial charge in [0.1, 0.15) is 12.1 Å². The van der Waals surface area contributed by atoms with Gasteiger partial charge in [0.05, 0.1) is 0 Å². The van der Waals surface area contributed by atoms with Crippen molar-refractivity contribution in [3.05, 3.63) is 71.3 Å². The van der Waals surface area contributed by atoms with Crippen molar-refractivity contribution in [1.29, 1.82) is 0 Å². The third kappa shape index (κ3) is 3.05. The van der Waals surface area contributed by atoms with E-state index in [9.17, 15) is 0 Å². The Morgan fingerprint density at radius 2 is 1.92 bits per heavy atom. The number of benzene rings is 2. The quantitative estimate of drug-likeness (QED) is 0.798. The lowest BCUT2D eigenvalue weighted by Crippen LogP contribution is -2.35. The van der Waals surface area contributed by atoms with Gasteiger partial charge in [-0.05, 0) is 54.2 Å². The molecule has 2 unspecified atom stereocenters. The van der Waals surface area contributed by atoms with Gasteiger partial charge in [-0.2, -0.15) is 0 Å². The molecule has 2 atom stereocenters. The highest BCUT2D eigenvalue weighted by Crippen LogP contribution is 2.43. The van der Waals surface area contributed by atoms with E-state index in [1.807, 2.05) is 18.2 Å². The molecule has 1 aliphatic carbocycles. The Hall–Kier alpha value is -2.26. The Bertz CT molecular complexity index is 845. The fourth-order valence-corrected chi connectivity index (χ4v) is 4.03. The normalized spacial score (nSPS) is 25.5. The summed E-state index contributed by atoms with van der Waals surface area (Å²) in [6, 6.07) is 16.7. The summed E-state index contributed by atoms with van der Waals surface area (Å²) in [7, 11) is 0. The average Bonchev–Trinajstić information content (AvgIpc) is 3.06. The van der Waals surface area contributed by atoms with Gasteiger partial charge in [-0.1, -0.05) is 54.1 Å². The molecule has 2 N–H and O–H groups in total. The smallest absolute Gasteiger partial charge is 0.283 e. The lowest BCUT2D eigenvalue weighted by atomic mass is 9.74. The standard InChI is InChI=1S/C21H21ClN2O/c22-19-11-5-7-16(13-19)15-6-4-10-18(12-15)21(14-25-20(23)24-21)17-8-2-1-3-9-17/h2,4-8,10-13,17H,1,3,9,14H2,(H2,23,24). The first-order valence-corrected chi connectivity index (χ1v) is 9.06. The minimum absolute atomic E-state index is 0.284. The number of hydrogen-bond acceptors (Lipinski definition) is 3. The van der Waals surface area contributed by atoms with Gasteiger partial charge >= 0.3 is 0 Å². The first kappa shape index (κ1) is 16.2.